The third-order valence-corrected chi connectivity index (χ3v) is 5.60. The highest BCUT2D eigenvalue weighted by Gasteiger charge is 2.37. The van der Waals surface area contributed by atoms with Gasteiger partial charge in [0.15, 0.2) is 0 Å². The zero-order valence-corrected chi connectivity index (χ0v) is 12.0. The predicted molar refractivity (Wildman–Crippen MR) is 68.9 cm³/mol. The average molecular weight is 273 g/mol. The second kappa shape index (κ2) is 5.08. The van der Waals surface area contributed by atoms with E-state index < -0.39 is 7.60 Å². The molecule has 0 bridgehead atoms. The van der Waals surface area contributed by atoms with Crippen molar-refractivity contribution in [2.45, 2.75) is 40.0 Å². The van der Waals surface area contributed by atoms with Crippen LogP contribution >= 0.6 is 7.60 Å². The molecule has 1 aliphatic rings. The summed E-state index contributed by atoms with van der Waals surface area (Å²) >= 11 is 0. The van der Waals surface area contributed by atoms with Crippen molar-refractivity contribution in [3.8, 4) is 0 Å². The first-order valence-corrected chi connectivity index (χ1v) is 7.91. The van der Waals surface area contributed by atoms with Crippen molar-refractivity contribution in [3.05, 3.63) is 17.0 Å². The predicted octanol–water partition coefficient (Wildman–Crippen LogP) is 2.41. The minimum Gasteiger partial charge on any atom is -0.428 e. The van der Waals surface area contributed by atoms with Gasteiger partial charge in [-0.25, -0.2) is 0 Å². The van der Waals surface area contributed by atoms with Crippen molar-refractivity contribution < 1.29 is 18.8 Å². The lowest BCUT2D eigenvalue weighted by molar-refractivity contribution is 0.172. The number of hydrogen-bond acceptors (Lipinski definition) is 4. The first-order chi connectivity index (χ1) is 8.55. The molecule has 6 heteroatoms. The zero-order chi connectivity index (χ0) is 13.3. The van der Waals surface area contributed by atoms with Crippen LogP contribution in [0.15, 0.2) is 0 Å². The van der Waals surface area contributed by atoms with Crippen molar-refractivity contribution in [1.29, 1.82) is 0 Å². The fourth-order valence-electron chi connectivity index (χ4n) is 2.61. The molecule has 0 saturated carbocycles. The van der Waals surface area contributed by atoms with Gasteiger partial charge < -0.3 is 14.3 Å². The summed E-state index contributed by atoms with van der Waals surface area (Å²) < 4.78 is 24.7. The van der Waals surface area contributed by atoms with Gasteiger partial charge >= 0.3 is 7.60 Å². The normalized spacial score (nSPS) is 15.1. The van der Waals surface area contributed by atoms with Crippen LogP contribution in [0.2, 0.25) is 0 Å². The van der Waals surface area contributed by atoms with Gasteiger partial charge in [0, 0.05) is 0 Å². The largest absolute Gasteiger partial charge is 0.428 e. The molecule has 0 radical (unpaired) electrons. The lowest BCUT2D eigenvalue weighted by Gasteiger charge is -2.18. The van der Waals surface area contributed by atoms with Crippen LogP contribution in [-0.2, 0) is 26.5 Å². The van der Waals surface area contributed by atoms with E-state index in [1.165, 1.54) is 0 Å². The lowest BCUT2D eigenvalue weighted by atomic mass is 10.2. The van der Waals surface area contributed by atoms with E-state index in [1.54, 1.807) is 20.8 Å². The highest BCUT2D eigenvalue weighted by Crippen LogP contribution is 2.50. The molecule has 1 heterocycles. The summed E-state index contributed by atoms with van der Waals surface area (Å²) in [7, 11) is -3.31. The molecule has 18 heavy (non-hydrogen) atoms. The van der Waals surface area contributed by atoms with Crippen molar-refractivity contribution in [2.75, 3.05) is 13.2 Å². The topological polar surface area (TPSA) is 60.7 Å². The Bertz CT molecular complexity index is 485. The van der Waals surface area contributed by atoms with Crippen LogP contribution in [0.5, 0.6) is 0 Å². The smallest absolute Gasteiger partial charge is 0.363 e. The van der Waals surface area contributed by atoms with Gasteiger partial charge in [0.25, 0.3) is 0 Å². The third-order valence-electron chi connectivity index (χ3n) is 3.26. The average Bonchev–Trinajstić information content (AvgIpc) is 2.84. The molecule has 0 fully saturated rings. The van der Waals surface area contributed by atoms with Gasteiger partial charge in [0.2, 0.25) is 0 Å². The Kier molecular flexibility index (Phi) is 3.85. The van der Waals surface area contributed by atoms with Gasteiger partial charge in [-0.1, -0.05) is 0 Å². The number of nitrogens with zero attached hydrogens (tertiary/aromatic N) is 1. The molecule has 1 aromatic rings. The van der Waals surface area contributed by atoms with Crippen molar-refractivity contribution >= 4 is 12.9 Å². The van der Waals surface area contributed by atoms with Crippen molar-refractivity contribution in [3.63, 3.8) is 0 Å². The molecular formula is C12H20NO4P. The molecule has 0 spiro atoms. The van der Waals surface area contributed by atoms with E-state index in [0.29, 0.717) is 24.2 Å². The minimum absolute atomic E-state index is 0.322. The molecule has 0 amide bonds. The van der Waals surface area contributed by atoms with E-state index in [0.717, 1.165) is 35.3 Å². The molecule has 0 unspecified atom stereocenters. The Morgan fingerprint density at radius 3 is 2.44 bits per heavy atom. The number of fused-ring (bicyclic) bond motifs is 1. The fraction of sp³-hybridized carbons (Fsp3) is 0.667. The van der Waals surface area contributed by atoms with E-state index in [-0.39, 0.29) is 0 Å². The molecule has 0 atom stereocenters. The maximum atomic E-state index is 12.8. The first-order valence-electron chi connectivity index (χ1n) is 6.37. The molecule has 1 aromatic heterocycles. The number of rotatable bonds is 5. The van der Waals surface area contributed by atoms with Gasteiger partial charge in [-0.15, -0.1) is 0 Å². The molecule has 0 aromatic carbocycles. The van der Waals surface area contributed by atoms with Gasteiger partial charge in [0.05, 0.1) is 29.9 Å². The molecule has 5 nitrogen and oxygen atoms in total. The maximum Gasteiger partial charge on any atom is 0.363 e. The van der Waals surface area contributed by atoms with E-state index in [9.17, 15) is 9.77 Å². The van der Waals surface area contributed by atoms with Crippen LogP contribution in [0.4, 0.5) is 0 Å². The van der Waals surface area contributed by atoms with Crippen LogP contribution in [0.25, 0.3) is 0 Å². The highest BCUT2D eigenvalue weighted by molar-refractivity contribution is 7.62. The summed E-state index contributed by atoms with van der Waals surface area (Å²) in [4.78, 5) is 0. The third kappa shape index (κ3) is 2.00. The molecular weight excluding hydrogens is 253 g/mol. The lowest BCUT2D eigenvalue weighted by Crippen LogP contribution is -2.16. The monoisotopic (exact) mass is 273 g/mol. The first kappa shape index (κ1) is 13.7. The zero-order valence-electron chi connectivity index (χ0n) is 11.1. The molecule has 0 aliphatic heterocycles. The van der Waals surface area contributed by atoms with Crippen LogP contribution < -0.4 is 5.30 Å². The second-order valence-corrected chi connectivity index (χ2v) is 6.32. The molecule has 1 aliphatic carbocycles. The second-order valence-electron chi connectivity index (χ2n) is 4.36. The fourth-order valence-corrected chi connectivity index (χ4v) is 4.68. The van der Waals surface area contributed by atoms with E-state index in [4.69, 9.17) is 9.05 Å². The van der Waals surface area contributed by atoms with Crippen LogP contribution in [0, 0.1) is 6.92 Å². The minimum atomic E-state index is -3.31. The number of hydrogen-bond donors (Lipinski definition) is 1. The quantitative estimate of drug-likeness (QED) is 0.661. The summed E-state index contributed by atoms with van der Waals surface area (Å²) in [6.07, 6.45) is 2.60. The summed E-state index contributed by atoms with van der Waals surface area (Å²) in [5, 5.41) is 10.6. The molecule has 0 saturated heterocycles. The van der Waals surface area contributed by atoms with Gasteiger partial charge in [-0.2, -0.15) is 4.73 Å². The van der Waals surface area contributed by atoms with E-state index in [2.05, 4.69) is 0 Å². The highest BCUT2D eigenvalue weighted by atomic mass is 31.2. The maximum absolute atomic E-state index is 12.8. The van der Waals surface area contributed by atoms with Crippen molar-refractivity contribution in [2.24, 2.45) is 0 Å². The number of aromatic nitrogens is 1. The molecule has 1 N–H and O–H groups in total. The van der Waals surface area contributed by atoms with Crippen LogP contribution in [0.3, 0.4) is 0 Å². The van der Waals surface area contributed by atoms with E-state index >= 15 is 0 Å². The van der Waals surface area contributed by atoms with Gasteiger partial charge in [0.1, 0.15) is 0 Å². The Balaban J connectivity index is 2.55. The van der Waals surface area contributed by atoms with Crippen molar-refractivity contribution in [1.82, 2.24) is 4.73 Å². The summed E-state index contributed by atoms with van der Waals surface area (Å²) in [6.45, 7) is 5.97. The Morgan fingerprint density at radius 1 is 1.28 bits per heavy atom. The van der Waals surface area contributed by atoms with E-state index in [1.807, 2.05) is 0 Å². The molecule has 2 rings (SSSR count). The Labute approximate surface area is 107 Å². The van der Waals surface area contributed by atoms with Crippen LogP contribution in [0.1, 0.15) is 37.2 Å². The summed E-state index contributed by atoms with van der Waals surface area (Å²) in [5.74, 6) is 0. The summed E-state index contributed by atoms with van der Waals surface area (Å²) in [5.41, 5.74) is 2.37. The molecule has 102 valence electrons. The standard InChI is InChI=1S/C12H20NO4P/c1-4-16-18(15,17-5-2)12-9(3)13(14)11-8-6-7-10(11)12/h14H,4-8H2,1-3H3. The van der Waals surface area contributed by atoms with Crippen LogP contribution in [-0.4, -0.2) is 23.2 Å². The summed E-state index contributed by atoms with van der Waals surface area (Å²) in [6, 6.07) is 0. The SMILES string of the molecule is CCOP(=O)(OCC)c1c2c(n(O)c1C)CCC2. The van der Waals surface area contributed by atoms with Gasteiger partial charge in [-0.3, -0.25) is 4.57 Å². The van der Waals surface area contributed by atoms with Gasteiger partial charge in [-0.05, 0) is 45.6 Å². The Morgan fingerprint density at radius 2 is 1.89 bits per heavy atom. The Hall–Kier alpha value is -0.770.